The lowest BCUT2D eigenvalue weighted by Crippen LogP contribution is -2.22. The Bertz CT molecular complexity index is 407. The van der Waals surface area contributed by atoms with Crippen LogP contribution in [0.3, 0.4) is 0 Å². The summed E-state index contributed by atoms with van der Waals surface area (Å²) in [6, 6.07) is 8.50. The van der Waals surface area contributed by atoms with Gasteiger partial charge in [0.1, 0.15) is 0 Å². The van der Waals surface area contributed by atoms with Gasteiger partial charge >= 0.3 is 5.97 Å². The summed E-state index contributed by atoms with van der Waals surface area (Å²) in [5, 5.41) is 0. The molecule has 1 aliphatic rings. The number of carbonyl (C=O) groups is 1. The highest BCUT2D eigenvalue weighted by molar-refractivity contribution is 5.73. The number of methoxy groups -OCH3 is 1. The third-order valence-corrected chi connectivity index (χ3v) is 3.67. The maximum atomic E-state index is 11.7. The molecule has 0 unspecified atom stereocenters. The van der Waals surface area contributed by atoms with Crippen molar-refractivity contribution in [2.75, 3.05) is 7.11 Å². The normalized spacial score (nSPS) is 18.5. The van der Waals surface area contributed by atoms with Gasteiger partial charge in [-0.15, -0.1) is 0 Å². The van der Waals surface area contributed by atoms with E-state index in [2.05, 4.69) is 31.2 Å². The van der Waals surface area contributed by atoms with E-state index in [0.717, 1.165) is 0 Å². The number of esters is 1. The van der Waals surface area contributed by atoms with Crippen LogP contribution in [0.1, 0.15) is 36.8 Å². The number of ether oxygens (including phenoxy) is 1. The predicted octanol–water partition coefficient (Wildman–Crippen LogP) is 3.30. The van der Waals surface area contributed by atoms with Crippen LogP contribution in [-0.4, -0.2) is 13.1 Å². The van der Waals surface area contributed by atoms with Crippen LogP contribution in [0, 0.1) is 18.8 Å². The number of hydrogen-bond donors (Lipinski definition) is 0. The van der Waals surface area contributed by atoms with Gasteiger partial charge in [-0.1, -0.05) is 36.8 Å². The number of carbonyl (C=O) groups excluding carboxylic acids is 1. The molecule has 92 valence electrons. The number of rotatable bonds is 4. The second-order valence-corrected chi connectivity index (χ2v) is 5.09. The summed E-state index contributed by atoms with van der Waals surface area (Å²) >= 11 is 0. The van der Waals surface area contributed by atoms with Gasteiger partial charge in [-0.25, -0.2) is 0 Å². The number of hydrogen-bond acceptors (Lipinski definition) is 2. The zero-order valence-corrected chi connectivity index (χ0v) is 10.8. The second kappa shape index (κ2) is 4.91. The van der Waals surface area contributed by atoms with Crippen LogP contribution in [0.5, 0.6) is 0 Å². The molecule has 1 aromatic carbocycles. The Morgan fingerprint density at radius 1 is 1.41 bits per heavy atom. The minimum absolute atomic E-state index is 0.0469. The van der Waals surface area contributed by atoms with E-state index in [4.69, 9.17) is 4.74 Å². The van der Waals surface area contributed by atoms with E-state index in [1.165, 1.54) is 31.1 Å². The SMILES string of the molecule is COC(=O)[C@@H](C)[C@H](c1cccc(C)c1)C1CC1. The summed E-state index contributed by atoms with van der Waals surface area (Å²) in [6.45, 7) is 4.08. The summed E-state index contributed by atoms with van der Waals surface area (Å²) < 4.78 is 4.88. The molecular formula is C15H20O2. The van der Waals surface area contributed by atoms with E-state index in [1.54, 1.807) is 0 Å². The van der Waals surface area contributed by atoms with Crippen molar-refractivity contribution in [2.24, 2.45) is 11.8 Å². The highest BCUT2D eigenvalue weighted by Gasteiger charge is 2.38. The third kappa shape index (κ3) is 2.68. The standard InChI is InChI=1S/C15H20O2/c1-10-5-4-6-13(9-10)14(12-7-8-12)11(2)15(16)17-3/h4-6,9,11-12,14H,7-8H2,1-3H3/t11-,14-/m0/s1. The van der Waals surface area contributed by atoms with Crippen molar-refractivity contribution < 1.29 is 9.53 Å². The summed E-state index contributed by atoms with van der Waals surface area (Å²) in [4.78, 5) is 11.7. The molecule has 0 N–H and O–H groups in total. The van der Waals surface area contributed by atoms with Gasteiger partial charge in [0.15, 0.2) is 0 Å². The Morgan fingerprint density at radius 3 is 2.65 bits per heavy atom. The quantitative estimate of drug-likeness (QED) is 0.744. The second-order valence-electron chi connectivity index (χ2n) is 5.09. The lowest BCUT2D eigenvalue weighted by Gasteiger charge is -2.22. The first-order valence-corrected chi connectivity index (χ1v) is 6.28. The average molecular weight is 232 g/mol. The summed E-state index contributed by atoms with van der Waals surface area (Å²) in [7, 11) is 1.47. The molecule has 0 aromatic heterocycles. The molecule has 0 bridgehead atoms. The molecule has 2 nitrogen and oxygen atoms in total. The monoisotopic (exact) mass is 232 g/mol. The van der Waals surface area contributed by atoms with Crippen LogP contribution in [0.4, 0.5) is 0 Å². The van der Waals surface area contributed by atoms with Crippen molar-refractivity contribution in [1.29, 1.82) is 0 Å². The molecule has 1 aromatic rings. The molecule has 17 heavy (non-hydrogen) atoms. The number of benzene rings is 1. The van der Waals surface area contributed by atoms with Gasteiger partial charge in [0.2, 0.25) is 0 Å². The Labute approximate surface area is 103 Å². The molecule has 2 rings (SSSR count). The minimum Gasteiger partial charge on any atom is -0.469 e. The average Bonchev–Trinajstić information content (AvgIpc) is 3.12. The smallest absolute Gasteiger partial charge is 0.309 e. The van der Waals surface area contributed by atoms with Crippen LogP contribution >= 0.6 is 0 Å². The van der Waals surface area contributed by atoms with Crippen molar-refractivity contribution in [3.05, 3.63) is 35.4 Å². The molecule has 0 spiro atoms. The van der Waals surface area contributed by atoms with Crippen LogP contribution in [-0.2, 0) is 9.53 Å². The maximum Gasteiger partial charge on any atom is 0.309 e. The fourth-order valence-corrected chi connectivity index (χ4v) is 2.63. The summed E-state index contributed by atoms with van der Waals surface area (Å²) in [5.74, 6) is 0.839. The van der Waals surface area contributed by atoms with Gasteiger partial charge in [-0.05, 0) is 37.2 Å². The minimum atomic E-state index is -0.0941. The lowest BCUT2D eigenvalue weighted by atomic mass is 9.83. The van der Waals surface area contributed by atoms with Crippen molar-refractivity contribution in [3.8, 4) is 0 Å². The van der Waals surface area contributed by atoms with Gasteiger partial charge < -0.3 is 4.74 Å². The number of aryl methyl sites for hydroxylation is 1. The van der Waals surface area contributed by atoms with Gasteiger partial charge in [0.05, 0.1) is 13.0 Å². The Balaban J connectivity index is 2.26. The van der Waals surface area contributed by atoms with E-state index < -0.39 is 0 Å². The van der Waals surface area contributed by atoms with E-state index in [0.29, 0.717) is 11.8 Å². The highest BCUT2D eigenvalue weighted by Crippen LogP contribution is 2.46. The molecule has 1 saturated carbocycles. The lowest BCUT2D eigenvalue weighted by molar-refractivity contribution is -0.145. The van der Waals surface area contributed by atoms with Gasteiger partial charge in [-0.2, -0.15) is 0 Å². The fourth-order valence-electron chi connectivity index (χ4n) is 2.63. The molecule has 2 atom stereocenters. The molecule has 0 amide bonds. The van der Waals surface area contributed by atoms with Crippen molar-refractivity contribution in [3.63, 3.8) is 0 Å². The van der Waals surface area contributed by atoms with Crippen LogP contribution in [0.25, 0.3) is 0 Å². The molecular weight excluding hydrogens is 212 g/mol. The first-order chi connectivity index (χ1) is 8.13. The van der Waals surface area contributed by atoms with E-state index in [-0.39, 0.29) is 11.9 Å². The highest BCUT2D eigenvalue weighted by atomic mass is 16.5. The van der Waals surface area contributed by atoms with E-state index in [9.17, 15) is 4.79 Å². The van der Waals surface area contributed by atoms with E-state index >= 15 is 0 Å². The molecule has 0 aliphatic heterocycles. The topological polar surface area (TPSA) is 26.3 Å². The Kier molecular flexibility index (Phi) is 3.51. The molecule has 1 fully saturated rings. The van der Waals surface area contributed by atoms with Crippen molar-refractivity contribution in [2.45, 2.75) is 32.6 Å². The first-order valence-electron chi connectivity index (χ1n) is 6.28. The van der Waals surface area contributed by atoms with Gasteiger partial charge in [-0.3, -0.25) is 4.79 Å². The molecule has 0 radical (unpaired) electrons. The third-order valence-electron chi connectivity index (χ3n) is 3.67. The van der Waals surface area contributed by atoms with E-state index in [1.807, 2.05) is 6.92 Å². The van der Waals surface area contributed by atoms with Crippen LogP contribution < -0.4 is 0 Å². The largest absolute Gasteiger partial charge is 0.469 e. The molecule has 0 heterocycles. The first kappa shape index (κ1) is 12.2. The predicted molar refractivity (Wildman–Crippen MR) is 67.8 cm³/mol. The molecule has 2 heteroatoms. The summed E-state index contributed by atoms with van der Waals surface area (Å²) in [6.07, 6.45) is 2.47. The Hall–Kier alpha value is -1.31. The molecule has 0 saturated heterocycles. The van der Waals surface area contributed by atoms with Crippen LogP contribution in [0.2, 0.25) is 0 Å². The Morgan fingerprint density at radius 2 is 2.12 bits per heavy atom. The van der Waals surface area contributed by atoms with Crippen molar-refractivity contribution in [1.82, 2.24) is 0 Å². The maximum absolute atomic E-state index is 11.7. The van der Waals surface area contributed by atoms with Gasteiger partial charge in [0, 0.05) is 0 Å². The zero-order chi connectivity index (χ0) is 12.4. The van der Waals surface area contributed by atoms with Gasteiger partial charge in [0.25, 0.3) is 0 Å². The molecule has 1 aliphatic carbocycles. The van der Waals surface area contributed by atoms with Crippen molar-refractivity contribution >= 4 is 5.97 Å². The van der Waals surface area contributed by atoms with Crippen LogP contribution in [0.15, 0.2) is 24.3 Å². The zero-order valence-electron chi connectivity index (χ0n) is 10.8. The fraction of sp³-hybridized carbons (Fsp3) is 0.533. The summed E-state index contributed by atoms with van der Waals surface area (Å²) in [5.41, 5.74) is 2.54.